The number of anilines is 1. The largest absolute Gasteiger partial charge is 0.398 e. The van der Waals surface area contributed by atoms with Crippen LogP contribution in [0.5, 0.6) is 0 Å². The molecule has 1 aromatic heterocycles. The van der Waals surface area contributed by atoms with Gasteiger partial charge in [-0.15, -0.1) is 5.10 Å². The molecule has 108 valence electrons. The molecule has 0 saturated carbocycles. The van der Waals surface area contributed by atoms with Crippen molar-refractivity contribution in [3.8, 4) is 11.4 Å². The van der Waals surface area contributed by atoms with Crippen molar-refractivity contribution >= 4 is 5.69 Å². The van der Waals surface area contributed by atoms with Crippen molar-refractivity contribution in [2.75, 3.05) is 26.6 Å². The van der Waals surface area contributed by atoms with Crippen LogP contribution in [0.15, 0.2) is 18.2 Å². The van der Waals surface area contributed by atoms with Gasteiger partial charge in [0.05, 0.1) is 13.2 Å². The number of aryl methyl sites for hydroxylation is 1. The van der Waals surface area contributed by atoms with Gasteiger partial charge in [-0.25, -0.2) is 4.68 Å². The van der Waals surface area contributed by atoms with Gasteiger partial charge in [-0.1, -0.05) is 12.1 Å². The SMILES string of the molecule is COCC(Cn1nnnc1-c1c(C)cccc1N)OC. The highest BCUT2D eigenvalue weighted by Crippen LogP contribution is 2.27. The number of ether oxygens (including phenoxy) is 2. The van der Waals surface area contributed by atoms with E-state index >= 15 is 0 Å². The number of hydrogen-bond donors (Lipinski definition) is 1. The third kappa shape index (κ3) is 2.94. The van der Waals surface area contributed by atoms with Gasteiger partial charge in [-0.05, 0) is 29.0 Å². The summed E-state index contributed by atoms with van der Waals surface area (Å²) in [5, 5.41) is 11.8. The number of nitrogens with two attached hydrogens (primary N) is 1. The van der Waals surface area contributed by atoms with E-state index < -0.39 is 0 Å². The van der Waals surface area contributed by atoms with Crippen LogP contribution in [0.2, 0.25) is 0 Å². The van der Waals surface area contributed by atoms with Crippen molar-refractivity contribution in [3.63, 3.8) is 0 Å². The van der Waals surface area contributed by atoms with E-state index in [1.54, 1.807) is 18.9 Å². The van der Waals surface area contributed by atoms with Gasteiger partial charge in [0, 0.05) is 25.5 Å². The Morgan fingerprint density at radius 1 is 1.35 bits per heavy atom. The molecular formula is C13H19N5O2. The number of nitrogens with zero attached hydrogens (tertiary/aromatic N) is 4. The molecule has 2 N–H and O–H groups in total. The van der Waals surface area contributed by atoms with Crippen molar-refractivity contribution in [1.82, 2.24) is 20.2 Å². The fraction of sp³-hybridized carbons (Fsp3) is 0.462. The van der Waals surface area contributed by atoms with E-state index in [1.165, 1.54) is 0 Å². The molecule has 0 aliphatic rings. The quantitative estimate of drug-likeness (QED) is 0.789. The van der Waals surface area contributed by atoms with Crippen LogP contribution in [0.1, 0.15) is 5.56 Å². The second-order valence-electron chi connectivity index (χ2n) is 4.54. The average molecular weight is 277 g/mol. The molecule has 20 heavy (non-hydrogen) atoms. The van der Waals surface area contributed by atoms with Crippen molar-refractivity contribution < 1.29 is 9.47 Å². The fourth-order valence-corrected chi connectivity index (χ4v) is 2.08. The molecule has 7 nitrogen and oxygen atoms in total. The second-order valence-corrected chi connectivity index (χ2v) is 4.54. The highest BCUT2D eigenvalue weighted by molar-refractivity contribution is 5.74. The van der Waals surface area contributed by atoms with Crippen LogP contribution in [-0.2, 0) is 16.0 Å². The topological polar surface area (TPSA) is 88.1 Å². The first-order valence-electron chi connectivity index (χ1n) is 6.30. The van der Waals surface area contributed by atoms with Crippen molar-refractivity contribution in [2.45, 2.75) is 19.6 Å². The fourth-order valence-electron chi connectivity index (χ4n) is 2.08. The molecule has 1 unspecified atom stereocenters. The van der Waals surface area contributed by atoms with E-state index in [1.807, 2.05) is 25.1 Å². The molecule has 0 spiro atoms. The molecule has 1 aromatic carbocycles. The number of tetrazole rings is 1. The number of hydrogen-bond acceptors (Lipinski definition) is 6. The lowest BCUT2D eigenvalue weighted by atomic mass is 10.1. The van der Waals surface area contributed by atoms with Crippen LogP contribution in [0.25, 0.3) is 11.4 Å². The summed E-state index contributed by atoms with van der Waals surface area (Å²) in [5.41, 5.74) is 8.57. The Bertz CT molecular complexity index is 549. The molecule has 1 heterocycles. The molecule has 0 saturated heterocycles. The number of nitrogen functional groups attached to an aromatic ring is 1. The van der Waals surface area contributed by atoms with Crippen LogP contribution in [0.4, 0.5) is 5.69 Å². The number of benzene rings is 1. The normalized spacial score (nSPS) is 12.6. The number of aromatic nitrogens is 4. The average Bonchev–Trinajstić information content (AvgIpc) is 2.86. The van der Waals surface area contributed by atoms with Gasteiger partial charge in [-0.3, -0.25) is 0 Å². The van der Waals surface area contributed by atoms with E-state index in [9.17, 15) is 0 Å². The van der Waals surface area contributed by atoms with Gasteiger partial charge in [0.25, 0.3) is 0 Å². The van der Waals surface area contributed by atoms with E-state index in [4.69, 9.17) is 15.2 Å². The summed E-state index contributed by atoms with van der Waals surface area (Å²) in [7, 11) is 3.27. The Labute approximate surface area is 117 Å². The van der Waals surface area contributed by atoms with Crippen LogP contribution in [0, 0.1) is 6.92 Å². The minimum absolute atomic E-state index is 0.118. The number of methoxy groups -OCH3 is 2. The molecule has 7 heteroatoms. The lowest BCUT2D eigenvalue weighted by Crippen LogP contribution is -2.25. The molecule has 0 aliphatic heterocycles. The molecule has 0 aliphatic carbocycles. The third-order valence-corrected chi connectivity index (χ3v) is 3.12. The zero-order chi connectivity index (χ0) is 14.5. The summed E-state index contributed by atoms with van der Waals surface area (Å²) < 4.78 is 12.1. The minimum atomic E-state index is -0.118. The summed E-state index contributed by atoms with van der Waals surface area (Å²) in [4.78, 5) is 0. The molecule has 2 rings (SSSR count). The summed E-state index contributed by atoms with van der Waals surface area (Å²) in [6.07, 6.45) is -0.118. The zero-order valence-corrected chi connectivity index (χ0v) is 11.9. The van der Waals surface area contributed by atoms with Gasteiger partial charge in [-0.2, -0.15) is 0 Å². The van der Waals surface area contributed by atoms with E-state index in [2.05, 4.69) is 15.5 Å². The maximum absolute atomic E-state index is 6.04. The van der Waals surface area contributed by atoms with Gasteiger partial charge in [0.2, 0.25) is 0 Å². The van der Waals surface area contributed by atoms with Gasteiger partial charge >= 0.3 is 0 Å². The highest BCUT2D eigenvalue weighted by Gasteiger charge is 2.17. The van der Waals surface area contributed by atoms with E-state index in [-0.39, 0.29) is 6.10 Å². The minimum Gasteiger partial charge on any atom is -0.398 e. The molecule has 2 aromatic rings. The predicted molar refractivity (Wildman–Crippen MR) is 75.1 cm³/mol. The maximum atomic E-state index is 6.04. The molecule has 0 bridgehead atoms. The molecule has 0 amide bonds. The smallest absolute Gasteiger partial charge is 0.184 e. The third-order valence-electron chi connectivity index (χ3n) is 3.12. The zero-order valence-electron chi connectivity index (χ0n) is 11.9. The Morgan fingerprint density at radius 3 is 2.80 bits per heavy atom. The lowest BCUT2D eigenvalue weighted by molar-refractivity contribution is 0.0163. The summed E-state index contributed by atoms with van der Waals surface area (Å²) in [5.74, 6) is 0.638. The van der Waals surface area contributed by atoms with Gasteiger partial charge in [0.15, 0.2) is 5.82 Å². The predicted octanol–water partition coefficient (Wildman–Crippen LogP) is 0.892. The van der Waals surface area contributed by atoms with E-state index in [0.717, 1.165) is 11.1 Å². The Kier molecular flexibility index (Phi) is 4.65. The number of rotatable bonds is 6. The van der Waals surface area contributed by atoms with Gasteiger partial charge < -0.3 is 15.2 Å². The van der Waals surface area contributed by atoms with Crippen molar-refractivity contribution in [3.05, 3.63) is 23.8 Å². The first-order valence-corrected chi connectivity index (χ1v) is 6.30. The van der Waals surface area contributed by atoms with Crippen LogP contribution < -0.4 is 5.73 Å². The summed E-state index contributed by atoms with van der Waals surface area (Å²) in [6, 6.07) is 5.73. The Morgan fingerprint density at radius 2 is 2.15 bits per heavy atom. The van der Waals surface area contributed by atoms with Crippen LogP contribution in [0.3, 0.4) is 0 Å². The Hall–Kier alpha value is -1.99. The van der Waals surface area contributed by atoms with Crippen molar-refractivity contribution in [2.24, 2.45) is 0 Å². The summed E-state index contributed by atoms with van der Waals surface area (Å²) >= 11 is 0. The maximum Gasteiger partial charge on any atom is 0.184 e. The monoisotopic (exact) mass is 277 g/mol. The molecular weight excluding hydrogens is 258 g/mol. The highest BCUT2D eigenvalue weighted by atomic mass is 16.5. The van der Waals surface area contributed by atoms with Crippen LogP contribution in [-0.4, -0.2) is 47.1 Å². The molecule has 0 radical (unpaired) electrons. The standard InChI is InChI=1S/C13H19N5O2/c1-9-5-4-6-11(14)12(9)13-15-16-17-18(13)7-10(20-3)8-19-2/h4-6,10H,7-8,14H2,1-3H3. The molecule has 1 atom stereocenters. The Balaban J connectivity index is 2.33. The van der Waals surface area contributed by atoms with E-state index in [0.29, 0.717) is 24.7 Å². The van der Waals surface area contributed by atoms with Crippen LogP contribution >= 0.6 is 0 Å². The lowest BCUT2D eigenvalue weighted by Gasteiger charge is -2.15. The second kappa shape index (κ2) is 6.44. The first-order chi connectivity index (χ1) is 9.67. The first kappa shape index (κ1) is 14.4. The van der Waals surface area contributed by atoms with Crippen molar-refractivity contribution in [1.29, 1.82) is 0 Å². The summed E-state index contributed by atoms with van der Waals surface area (Å²) in [6.45, 7) is 2.95. The van der Waals surface area contributed by atoms with Gasteiger partial charge in [0.1, 0.15) is 6.10 Å². The molecule has 0 fully saturated rings.